The standard InChI is InChI=1S/C26H42N2O3/c1-15(5-8-23-28-27-16(2)31-23)19-6-7-20-24-21(10-12-26(19,20)4)25(3)11-9-18(29)13-17(25)14-22(24)30/h15,17-22,24,29-30H,5-14H2,1-4H3/t15-,17+,18-,19?,20+,21+,22+,24+,25+,26-/m1/s1. The lowest BCUT2D eigenvalue weighted by Crippen LogP contribution is -2.58. The number of fused-ring (bicyclic) bond motifs is 5. The molecule has 0 aromatic carbocycles. The van der Waals surface area contributed by atoms with Gasteiger partial charge in [0, 0.05) is 13.3 Å². The zero-order valence-electron chi connectivity index (χ0n) is 19.9. The molecule has 1 aromatic heterocycles. The van der Waals surface area contributed by atoms with E-state index in [4.69, 9.17) is 4.42 Å². The fraction of sp³-hybridized carbons (Fsp3) is 0.923. The van der Waals surface area contributed by atoms with Gasteiger partial charge < -0.3 is 14.6 Å². The van der Waals surface area contributed by atoms with Crippen LogP contribution in [-0.4, -0.2) is 32.6 Å². The SMILES string of the molecule is Cc1nnc(CC[C@@H](C)C2CC[C@H]3[C@@H]4[C@@H](O)C[C@@H]5C[C@H](O)CC[C@]5(C)[C@H]4CC[C@]23C)o1. The second-order valence-electron chi connectivity index (χ2n) is 12.2. The van der Waals surface area contributed by atoms with E-state index in [9.17, 15) is 10.2 Å². The van der Waals surface area contributed by atoms with E-state index < -0.39 is 0 Å². The van der Waals surface area contributed by atoms with Gasteiger partial charge in [-0.2, -0.15) is 0 Å². The number of rotatable bonds is 4. The average molecular weight is 431 g/mol. The molecule has 31 heavy (non-hydrogen) atoms. The summed E-state index contributed by atoms with van der Waals surface area (Å²) in [7, 11) is 0. The van der Waals surface area contributed by atoms with Crippen molar-refractivity contribution >= 4 is 0 Å². The zero-order chi connectivity index (χ0) is 22.0. The van der Waals surface area contributed by atoms with Crippen LogP contribution in [-0.2, 0) is 6.42 Å². The van der Waals surface area contributed by atoms with Crippen LogP contribution in [0, 0.1) is 53.3 Å². The molecule has 0 aliphatic heterocycles. The molecule has 4 fully saturated rings. The molecule has 1 unspecified atom stereocenters. The van der Waals surface area contributed by atoms with E-state index in [0.29, 0.717) is 52.2 Å². The van der Waals surface area contributed by atoms with E-state index in [1.54, 1.807) is 0 Å². The van der Waals surface area contributed by atoms with Crippen molar-refractivity contribution in [3.63, 3.8) is 0 Å². The van der Waals surface area contributed by atoms with Gasteiger partial charge in [0.1, 0.15) is 0 Å². The lowest BCUT2D eigenvalue weighted by molar-refractivity contribution is -0.174. The molecule has 0 saturated heterocycles. The van der Waals surface area contributed by atoms with Gasteiger partial charge in [-0.3, -0.25) is 0 Å². The molecule has 0 bridgehead atoms. The number of hydrogen-bond donors (Lipinski definition) is 2. The Morgan fingerprint density at radius 3 is 2.48 bits per heavy atom. The Morgan fingerprint density at radius 1 is 1.00 bits per heavy atom. The van der Waals surface area contributed by atoms with Crippen molar-refractivity contribution in [2.75, 3.05) is 0 Å². The number of hydrogen-bond acceptors (Lipinski definition) is 5. The summed E-state index contributed by atoms with van der Waals surface area (Å²) >= 11 is 0. The van der Waals surface area contributed by atoms with Crippen LogP contribution >= 0.6 is 0 Å². The van der Waals surface area contributed by atoms with Gasteiger partial charge in [-0.1, -0.05) is 20.8 Å². The number of aliphatic hydroxyl groups excluding tert-OH is 2. The Morgan fingerprint density at radius 2 is 1.74 bits per heavy atom. The Balaban J connectivity index is 1.32. The molecular formula is C26H42N2O3. The fourth-order valence-electron chi connectivity index (χ4n) is 9.17. The van der Waals surface area contributed by atoms with Crippen molar-refractivity contribution in [2.24, 2.45) is 46.3 Å². The van der Waals surface area contributed by atoms with Crippen molar-refractivity contribution in [2.45, 2.75) is 104 Å². The average Bonchev–Trinajstić information content (AvgIpc) is 3.30. The van der Waals surface area contributed by atoms with Gasteiger partial charge in [-0.25, -0.2) is 0 Å². The summed E-state index contributed by atoms with van der Waals surface area (Å²) in [4.78, 5) is 0. The first-order chi connectivity index (χ1) is 14.7. The second kappa shape index (κ2) is 7.83. The van der Waals surface area contributed by atoms with Crippen molar-refractivity contribution in [3.05, 3.63) is 11.8 Å². The number of aromatic nitrogens is 2. The van der Waals surface area contributed by atoms with Crippen LogP contribution in [0.3, 0.4) is 0 Å². The van der Waals surface area contributed by atoms with Crippen LogP contribution in [0.2, 0.25) is 0 Å². The first-order valence-corrected chi connectivity index (χ1v) is 12.9. The molecule has 4 aliphatic rings. The van der Waals surface area contributed by atoms with Crippen LogP contribution in [0.4, 0.5) is 0 Å². The smallest absolute Gasteiger partial charge is 0.216 e. The summed E-state index contributed by atoms with van der Waals surface area (Å²) in [5.74, 6) is 4.99. The first kappa shape index (κ1) is 21.9. The van der Waals surface area contributed by atoms with Crippen LogP contribution < -0.4 is 0 Å². The summed E-state index contributed by atoms with van der Waals surface area (Å²) in [6.07, 6.45) is 10.6. The van der Waals surface area contributed by atoms with Crippen LogP contribution in [0.1, 0.15) is 90.3 Å². The third kappa shape index (κ3) is 3.49. The quantitative estimate of drug-likeness (QED) is 0.707. The highest BCUT2D eigenvalue weighted by atomic mass is 16.4. The monoisotopic (exact) mass is 430 g/mol. The summed E-state index contributed by atoms with van der Waals surface area (Å²) in [6, 6.07) is 0. The molecule has 5 rings (SSSR count). The predicted octanol–water partition coefficient (Wildman–Crippen LogP) is 4.94. The minimum Gasteiger partial charge on any atom is -0.426 e. The van der Waals surface area contributed by atoms with Gasteiger partial charge in [0.05, 0.1) is 12.2 Å². The molecule has 0 amide bonds. The minimum absolute atomic E-state index is 0.157. The number of nitrogens with zero attached hydrogens (tertiary/aromatic N) is 2. The highest BCUT2D eigenvalue weighted by Gasteiger charge is 2.62. The Bertz CT molecular complexity index is 795. The maximum absolute atomic E-state index is 11.4. The van der Waals surface area contributed by atoms with Gasteiger partial charge in [0.2, 0.25) is 11.8 Å². The molecule has 5 nitrogen and oxygen atoms in total. The lowest BCUT2D eigenvalue weighted by Gasteiger charge is -2.62. The first-order valence-electron chi connectivity index (χ1n) is 12.9. The molecule has 5 heteroatoms. The second-order valence-corrected chi connectivity index (χ2v) is 12.2. The van der Waals surface area contributed by atoms with Gasteiger partial charge in [-0.15, -0.1) is 10.2 Å². The molecule has 4 saturated carbocycles. The van der Waals surface area contributed by atoms with E-state index in [2.05, 4.69) is 31.0 Å². The topological polar surface area (TPSA) is 79.4 Å². The summed E-state index contributed by atoms with van der Waals surface area (Å²) in [6.45, 7) is 9.32. The maximum atomic E-state index is 11.4. The molecule has 0 spiro atoms. The highest BCUT2D eigenvalue weighted by molar-refractivity contribution is 5.11. The van der Waals surface area contributed by atoms with E-state index in [0.717, 1.165) is 44.4 Å². The van der Waals surface area contributed by atoms with Crippen molar-refractivity contribution in [1.29, 1.82) is 0 Å². The zero-order valence-corrected chi connectivity index (χ0v) is 19.9. The fourth-order valence-corrected chi connectivity index (χ4v) is 9.17. The van der Waals surface area contributed by atoms with Crippen molar-refractivity contribution < 1.29 is 14.6 Å². The Kier molecular flexibility index (Phi) is 5.53. The predicted molar refractivity (Wildman–Crippen MR) is 119 cm³/mol. The van der Waals surface area contributed by atoms with E-state index in [1.165, 1.54) is 25.7 Å². The summed E-state index contributed by atoms with van der Waals surface area (Å²) in [5.41, 5.74) is 0.647. The summed E-state index contributed by atoms with van der Waals surface area (Å²) < 4.78 is 5.61. The third-order valence-corrected chi connectivity index (χ3v) is 10.8. The number of aliphatic hydroxyl groups is 2. The molecule has 174 valence electrons. The lowest BCUT2D eigenvalue weighted by atomic mass is 9.43. The highest BCUT2D eigenvalue weighted by Crippen LogP contribution is 2.68. The maximum Gasteiger partial charge on any atom is 0.216 e. The van der Waals surface area contributed by atoms with Gasteiger partial charge in [0.25, 0.3) is 0 Å². The Hall–Kier alpha value is -0.940. The molecular weight excluding hydrogens is 388 g/mol. The largest absolute Gasteiger partial charge is 0.426 e. The molecule has 0 radical (unpaired) electrons. The van der Waals surface area contributed by atoms with Crippen molar-refractivity contribution in [3.8, 4) is 0 Å². The van der Waals surface area contributed by atoms with Crippen LogP contribution in [0.5, 0.6) is 0 Å². The third-order valence-electron chi connectivity index (χ3n) is 10.8. The molecule has 10 atom stereocenters. The van der Waals surface area contributed by atoms with Crippen LogP contribution in [0.15, 0.2) is 4.42 Å². The van der Waals surface area contributed by atoms with Crippen LogP contribution in [0.25, 0.3) is 0 Å². The minimum atomic E-state index is -0.187. The number of aryl methyl sites for hydroxylation is 2. The Labute approximate surface area is 187 Å². The van der Waals surface area contributed by atoms with Crippen molar-refractivity contribution in [1.82, 2.24) is 10.2 Å². The van der Waals surface area contributed by atoms with E-state index in [1.807, 2.05) is 6.92 Å². The molecule has 4 aliphatic carbocycles. The van der Waals surface area contributed by atoms with Gasteiger partial charge >= 0.3 is 0 Å². The molecule has 1 heterocycles. The summed E-state index contributed by atoms with van der Waals surface area (Å²) in [5, 5.41) is 29.8. The normalized spacial score (nSPS) is 48.0. The van der Waals surface area contributed by atoms with E-state index in [-0.39, 0.29) is 12.2 Å². The van der Waals surface area contributed by atoms with Gasteiger partial charge in [0.15, 0.2) is 0 Å². The van der Waals surface area contributed by atoms with E-state index >= 15 is 0 Å². The van der Waals surface area contributed by atoms with Gasteiger partial charge in [-0.05, 0) is 104 Å². The molecule has 2 N–H and O–H groups in total. The molecule has 1 aromatic rings.